The normalized spacial score (nSPS) is 11.6. The summed E-state index contributed by atoms with van der Waals surface area (Å²) in [6.45, 7) is 8.01. The molecular formula is C26H25N. The summed E-state index contributed by atoms with van der Waals surface area (Å²) in [5.41, 5.74) is 6.85. The molecule has 3 aromatic rings. The van der Waals surface area contributed by atoms with Gasteiger partial charge in [-0.2, -0.15) is 0 Å². The maximum Gasteiger partial charge on any atom is 0.0462 e. The van der Waals surface area contributed by atoms with E-state index in [0.29, 0.717) is 0 Å². The molecule has 0 radical (unpaired) electrons. The molecule has 27 heavy (non-hydrogen) atoms. The molecule has 3 rings (SSSR count). The van der Waals surface area contributed by atoms with Gasteiger partial charge in [-0.1, -0.05) is 78.9 Å². The summed E-state index contributed by atoms with van der Waals surface area (Å²) >= 11 is 0. The molecule has 134 valence electrons. The zero-order valence-electron chi connectivity index (χ0n) is 16.0. The maximum atomic E-state index is 3.94. The predicted molar refractivity (Wildman–Crippen MR) is 119 cm³/mol. The van der Waals surface area contributed by atoms with Gasteiger partial charge in [-0.05, 0) is 61.4 Å². The molecule has 1 nitrogen and oxygen atoms in total. The van der Waals surface area contributed by atoms with Crippen molar-refractivity contribution in [3.63, 3.8) is 0 Å². The highest BCUT2D eigenvalue weighted by Crippen LogP contribution is 2.34. The molecule has 0 unspecified atom stereocenters. The van der Waals surface area contributed by atoms with Crippen LogP contribution in [0.3, 0.4) is 0 Å². The summed E-state index contributed by atoms with van der Waals surface area (Å²) in [4.78, 5) is 2.27. The van der Waals surface area contributed by atoms with E-state index in [0.717, 1.165) is 22.6 Å². The number of para-hydroxylation sites is 2. The first-order valence-corrected chi connectivity index (χ1v) is 9.19. The van der Waals surface area contributed by atoms with Crippen molar-refractivity contribution < 1.29 is 0 Å². The van der Waals surface area contributed by atoms with Gasteiger partial charge in [-0.25, -0.2) is 0 Å². The fourth-order valence-electron chi connectivity index (χ4n) is 3.00. The SMILES string of the molecule is C=C(C)/C=C\C(=C/C)c1ccc(N(c2ccccc2)c2ccccc2)cc1. The van der Waals surface area contributed by atoms with Crippen LogP contribution < -0.4 is 4.90 Å². The van der Waals surface area contributed by atoms with Crippen LogP contribution in [0.1, 0.15) is 19.4 Å². The number of nitrogens with zero attached hydrogens (tertiary/aromatic N) is 1. The van der Waals surface area contributed by atoms with Gasteiger partial charge >= 0.3 is 0 Å². The summed E-state index contributed by atoms with van der Waals surface area (Å²) in [5.74, 6) is 0. The van der Waals surface area contributed by atoms with Crippen molar-refractivity contribution >= 4 is 22.6 Å². The summed E-state index contributed by atoms with van der Waals surface area (Å²) in [7, 11) is 0. The second-order valence-corrected chi connectivity index (χ2v) is 6.48. The van der Waals surface area contributed by atoms with E-state index in [4.69, 9.17) is 0 Å². The molecule has 0 fully saturated rings. The highest BCUT2D eigenvalue weighted by atomic mass is 15.1. The zero-order valence-corrected chi connectivity index (χ0v) is 16.0. The number of rotatable bonds is 6. The van der Waals surface area contributed by atoms with Crippen molar-refractivity contribution in [2.75, 3.05) is 4.90 Å². The Morgan fingerprint density at radius 2 is 1.19 bits per heavy atom. The number of anilines is 3. The molecule has 0 aliphatic carbocycles. The summed E-state index contributed by atoms with van der Waals surface area (Å²) in [6, 6.07) is 29.6. The first-order valence-electron chi connectivity index (χ1n) is 9.19. The third kappa shape index (κ3) is 4.65. The molecule has 0 atom stereocenters. The standard InChI is InChI=1S/C26H25N/c1-4-22(16-15-21(2)3)23-17-19-26(20-18-23)27(24-11-7-5-8-12-24)25-13-9-6-10-14-25/h4-20H,2H2,1,3H3/b16-15-,22-4+. The molecular weight excluding hydrogens is 326 g/mol. The minimum atomic E-state index is 1.05. The fraction of sp³-hybridized carbons (Fsp3) is 0.0769. The smallest absolute Gasteiger partial charge is 0.0462 e. The predicted octanol–water partition coefficient (Wildman–Crippen LogP) is 7.69. The van der Waals surface area contributed by atoms with Crippen molar-refractivity contribution in [2.45, 2.75) is 13.8 Å². The lowest BCUT2D eigenvalue weighted by molar-refractivity contribution is 1.28. The molecule has 0 spiro atoms. The monoisotopic (exact) mass is 351 g/mol. The number of hydrogen-bond donors (Lipinski definition) is 0. The van der Waals surface area contributed by atoms with Crippen molar-refractivity contribution in [2.24, 2.45) is 0 Å². The fourth-order valence-corrected chi connectivity index (χ4v) is 3.00. The van der Waals surface area contributed by atoms with Gasteiger partial charge < -0.3 is 4.90 Å². The van der Waals surface area contributed by atoms with E-state index in [2.05, 4.69) is 103 Å². The number of benzene rings is 3. The minimum Gasteiger partial charge on any atom is -0.311 e. The Labute approximate surface area is 162 Å². The molecule has 0 saturated heterocycles. The van der Waals surface area contributed by atoms with Crippen LogP contribution in [-0.4, -0.2) is 0 Å². The molecule has 0 N–H and O–H groups in total. The first kappa shape index (κ1) is 18.5. The van der Waals surface area contributed by atoms with Gasteiger partial charge in [0.2, 0.25) is 0 Å². The van der Waals surface area contributed by atoms with Crippen molar-refractivity contribution in [1.82, 2.24) is 0 Å². The van der Waals surface area contributed by atoms with Crippen LogP contribution in [0.15, 0.2) is 115 Å². The van der Waals surface area contributed by atoms with E-state index >= 15 is 0 Å². The topological polar surface area (TPSA) is 3.24 Å². The lowest BCUT2D eigenvalue weighted by Crippen LogP contribution is -2.09. The van der Waals surface area contributed by atoms with Crippen LogP contribution in [0.4, 0.5) is 17.1 Å². The van der Waals surface area contributed by atoms with Crippen LogP contribution in [0.25, 0.3) is 5.57 Å². The third-order valence-corrected chi connectivity index (χ3v) is 4.35. The van der Waals surface area contributed by atoms with E-state index in [9.17, 15) is 0 Å². The average molecular weight is 351 g/mol. The van der Waals surface area contributed by atoms with Gasteiger partial charge in [0.05, 0.1) is 0 Å². The molecule has 0 amide bonds. The molecule has 3 aromatic carbocycles. The molecule has 0 aliphatic rings. The summed E-state index contributed by atoms with van der Waals surface area (Å²) < 4.78 is 0. The maximum absolute atomic E-state index is 3.94. The second-order valence-electron chi connectivity index (χ2n) is 6.48. The van der Waals surface area contributed by atoms with Gasteiger partial charge in [-0.15, -0.1) is 0 Å². The van der Waals surface area contributed by atoms with Gasteiger partial charge in [0, 0.05) is 17.1 Å². The third-order valence-electron chi connectivity index (χ3n) is 4.35. The van der Waals surface area contributed by atoms with E-state index in [-0.39, 0.29) is 0 Å². The van der Waals surface area contributed by atoms with E-state index in [1.54, 1.807) is 0 Å². The van der Waals surface area contributed by atoms with Crippen molar-refractivity contribution in [1.29, 1.82) is 0 Å². The highest BCUT2D eigenvalue weighted by Gasteiger charge is 2.11. The van der Waals surface area contributed by atoms with Gasteiger partial charge in [0.1, 0.15) is 0 Å². The molecule has 0 bridgehead atoms. The molecule has 0 saturated carbocycles. The molecule has 0 aliphatic heterocycles. The van der Waals surface area contributed by atoms with Gasteiger partial charge in [0.25, 0.3) is 0 Å². The molecule has 0 heterocycles. The Balaban J connectivity index is 1.98. The Hall–Kier alpha value is -3.32. The van der Waals surface area contributed by atoms with Crippen LogP contribution in [-0.2, 0) is 0 Å². The Bertz CT molecular complexity index is 893. The van der Waals surface area contributed by atoms with Gasteiger partial charge in [0.15, 0.2) is 0 Å². The number of hydrogen-bond acceptors (Lipinski definition) is 1. The zero-order chi connectivity index (χ0) is 19.1. The van der Waals surface area contributed by atoms with Crippen molar-refractivity contribution in [3.8, 4) is 0 Å². The largest absolute Gasteiger partial charge is 0.311 e. The molecule has 1 heteroatoms. The van der Waals surface area contributed by atoms with E-state index in [1.807, 2.05) is 25.1 Å². The van der Waals surface area contributed by atoms with E-state index in [1.165, 1.54) is 11.1 Å². The minimum absolute atomic E-state index is 1.05. The summed E-state index contributed by atoms with van der Waals surface area (Å²) in [5, 5.41) is 0. The summed E-state index contributed by atoms with van der Waals surface area (Å²) in [6.07, 6.45) is 6.29. The lowest BCUT2D eigenvalue weighted by atomic mass is 10.0. The number of allylic oxidation sites excluding steroid dienone is 5. The first-order chi connectivity index (χ1) is 13.2. The average Bonchev–Trinajstić information content (AvgIpc) is 2.71. The lowest BCUT2D eigenvalue weighted by Gasteiger charge is -2.25. The second kappa shape index (κ2) is 8.86. The Morgan fingerprint density at radius 3 is 1.63 bits per heavy atom. The van der Waals surface area contributed by atoms with Crippen LogP contribution in [0.2, 0.25) is 0 Å². The molecule has 0 aromatic heterocycles. The van der Waals surface area contributed by atoms with Gasteiger partial charge in [-0.3, -0.25) is 0 Å². The van der Waals surface area contributed by atoms with Crippen molar-refractivity contribution in [3.05, 3.63) is 121 Å². The Kier molecular flexibility index (Phi) is 6.06. The Morgan fingerprint density at radius 1 is 0.704 bits per heavy atom. The quantitative estimate of drug-likeness (QED) is 0.411. The highest BCUT2D eigenvalue weighted by molar-refractivity contribution is 5.79. The van der Waals surface area contributed by atoms with E-state index < -0.39 is 0 Å². The van der Waals surface area contributed by atoms with Crippen LogP contribution in [0.5, 0.6) is 0 Å². The van der Waals surface area contributed by atoms with Crippen LogP contribution >= 0.6 is 0 Å². The van der Waals surface area contributed by atoms with Crippen LogP contribution in [0, 0.1) is 0 Å².